The van der Waals surface area contributed by atoms with Gasteiger partial charge in [-0.3, -0.25) is 4.79 Å². The highest BCUT2D eigenvalue weighted by Gasteiger charge is 2.33. The maximum absolute atomic E-state index is 10.8. The topological polar surface area (TPSA) is 47.8 Å². The van der Waals surface area contributed by atoms with Crippen LogP contribution < -0.4 is 0 Å². The van der Waals surface area contributed by atoms with Crippen molar-refractivity contribution in [3.8, 4) is 5.69 Å². The normalized spacial score (nSPS) is 11.5. The Morgan fingerprint density at radius 1 is 1.18 bits per heavy atom. The van der Waals surface area contributed by atoms with E-state index < -0.39 is 3.79 Å². The van der Waals surface area contributed by atoms with Gasteiger partial charge in [-0.1, -0.05) is 58.2 Å². The molecular formula is C10H6Cl3N3O. The molecule has 0 amide bonds. The summed E-state index contributed by atoms with van der Waals surface area (Å²) in [5.74, 6) is 0. The van der Waals surface area contributed by atoms with E-state index in [9.17, 15) is 4.79 Å². The Labute approximate surface area is 112 Å². The first-order valence-corrected chi connectivity index (χ1v) is 5.71. The van der Waals surface area contributed by atoms with Gasteiger partial charge in [0.1, 0.15) is 5.69 Å². The standard InChI is InChI=1S/C10H6Cl3N3O/c11-10(12,13)9-8(6-17)14-15-16(9)7-4-2-1-3-5-7/h1-6H. The van der Waals surface area contributed by atoms with Crippen LogP contribution in [-0.2, 0) is 3.79 Å². The predicted molar refractivity (Wildman–Crippen MR) is 66.0 cm³/mol. The molecule has 2 rings (SSSR count). The minimum atomic E-state index is -1.77. The van der Waals surface area contributed by atoms with Crippen molar-refractivity contribution < 1.29 is 4.79 Å². The number of para-hydroxylation sites is 1. The summed E-state index contributed by atoms with van der Waals surface area (Å²) in [4.78, 5) is 10.8. The van der Waals surface area contributed by atoms with Gasteiger partial charge in [0.25, 0.3) is 0 Å². The van der Waals surface area contributed by atoms with Crippen LogP contribution in [0.25, 0.3) is 5.69 Å². The van der Waals surface area contributed by atoms with E-state index in [1.807, 2.05) is 6.07 Å². The van der Waals surface area contributed by atoms with Crippen molar-refractivity contribution in [3.63, 3.8) is 0 Å². The lowest BCUT2D eigenvalue weighted by atomic mass is 10.3. The van der Waals surface area contributed by atoms with Gasteiger partial charge in [0.15, 0.2) is 12.0 Å². The lowest BCUT2D eigenvalue weighted by Gasteiger charge is -2.13. The molecule has 17 heavy (non-hydrogen) atoms. The van der Waals surface area contributed by atoms with Crippen LogP contribution in [0.2, 0.25) is 0 Å². The van der Waals surface area contributed by atoms with Gasteiger partial charge >= 0.3 is 0 Å². The molecule has 4 nitrogen and oxygen atoms in total. The van der Waals surface area contributed by atoms with Crippen LogP contribution in [0.5, 0.6) is 0 Å². The van der Waals surface area contributed by atoms with E-state index in [1.165, 1.54) is 4.68 Å². The molecule has 7 heteroatoms. The van der Waals surface area contributed by atoms with Crippen molar-refractivity contribution in [2.24, 2.45) is 0 Å². The Bertz CT molecular complexity index is 533. The fourth-order valence-corrected chi connectivity index (χ4v) is 1.92. The van der Waals surface area contributed by atoms with Crippen molar-refractivity contribution in [3.05, 3.63) is 41.7 Å². The van der Waals surface area contributed by atoms with E-state index in [1.54, 1.807) is 24.3 Å². The maximum atomic E-state index is 10.8. The number of rotatable bonds is 2. The fraction of sp³-hybridized carbons (Fsp3) is 0.100. The molecule has 0 aliphatic carbocycles. The molecule has 0 saturated carbocycles. The summed E-state index contributed by atoms with van der Waals surface area (Å²) in [6.07, 6.45) is 0.504. The van der Waals surface area contributed by atoms with E-state index >= 15 is 0 Å². The van der Waals surface area contributed by atoms with E-state index in [2.05, 4.69) is 10.3 Å². The molecule has 0 unspecified atom stereocenters. The molecule has 1 aromatic heterocycles. The number of halogens is 3. The molecular weight excluding hydrogens is 284 g/mol. The van der Waals surface area contributed by atoms with Crippen molar-refractivity contribution in [2.75, 3.05) is 0 Å². The molecule has 1 aromatic carbocycles. The van der Waals surface area contributed by atoms with Crippen molar-refractivity contribution in [1.29, 1.82) is 0 Å². The number of nitrogens with zero attached hydrogens (tertiary/aromatic N) is 3. The van der Waals surface area contributed by atoms with E-state index in [0.29, 0.717) is 12.0 Å². The number of carbonyl (C=O) groups excluding carboxylic acids is 1. The number of hydrogen-bond donors (Lipinski definition) is 0. The van der Waals surface area contributed by atoms with Crippen LogP contribution in [0.1, 0.15) is 16.2 Å². The lowest BCUT2D eigenvalue weighted by molar-refractivity contribution is 0.111. The van der Waals surface area contributed by atoms with Crippen LogP contribution in [0, 0.1) is 0 Å². The molecule has 2 aromatic rings. The van der Waals surface area contributed by atoms with Crippen LogP contribution in [0.15, 0.2) is 30.3 Å². The zero-order valence-corrected chi connectivity index (χ0v) is 10.6. The number of benzene rings is 1. The van der Waals surface area contributed by atoms with Gasteiger partial charge in [-0.15, -0.1) is 5.10 Å². The van der Waals surface area contributed by atoms with Gasteiger partial charge in [-0.05, 0) is 12.1 Å². The number of alkyl halides is 3. The molecule has 0 spiro atoms. The smallest absolute Gasteiger partial charge is 0.235 e. The Morgan fingerprint density at radius 2 is 1.82 bits per heavy atom. The fourth-order valence-electron chi connectivity index (χ4n) is 1.39. The van der Waals surface area contributed by atoms with Gasteiger partial charge in [0, 0.05) is 0 Å². The maximum Gasteiger partial charge on any atom is 0.235 e. The summed E-state index contributed by atoms with van der Waals surface area (Å²) >= 11 is 17.4. The van der Waals surface area contributed by atoms with Crippen LogP contribution in [0.4, 0.5) is 0 Å². The molecule has 0 atom stereocenters. The number of aromatic nitrogens is 3. The highest BCUT2D eigenvalue weighted by Crippen LogP contribution is 2.39. The number of hydrogen-bond acceptors (Lipinski definition) is 3. The van der Waals surface area contributed by atoms with Crippen molar-refractivity contribution >= 4 is 41.1 Å². The summed E-state index contributed by atoms with van der Waals surface area (Å²) in [5, 5.41) is 7.47. The van der Waals surface area contributed by atoms with E-state index in [4.69, 9.17) is 34.8 Å². The third-order valence-corrected chi connectivity index (χ3v) is 2.61. The van der Waals surface area contributed by atoms with E-state index in [-0.39, 0.29) is 11.4 Å². The highest BCUT2D eigenvalue weighted by molar-refractivity contribution is 6.66. The van der Waals surface area contributed by atoms with Gasteiger partial charge in [-0.2, -0.15) is 0 Å². The van der Waals surface area contributed by atoms with Gasteiger partial charge in [0.2, 0.25) is 3.79 Å². The average molecular weight is 291 g/mol. The molecule has 0 saturated heterocycles. The Hall–Kier alpha value is -1.10. The number of aldehydes is 1. The lowest BCUT2D eigenvalue weighted by Crippen LogP contribution is -2.12. The second-order valence-electron chi connectivity index (χ2n) is 3.19. The summed E-state index contributed by atoms with van der Waals surface area (Å²) in [6.45, 7) is 0. The van der Waals surface area contributed by atoms with Gasteiger partial charge in [-0.25, -0.2) is 4.68 Å². The first-order chi connectivity index (χ1) is 8.04. The van der Waals surface area contributed by atoms with Gasteiger partial charge < -0.3 is 0 Å². The van der Waals surface area contributed by atoms with Crippen molar-refractivity contribution in [1.82, 2.24) is 15.0 Å². The number of carbonyl (C=O) groups is 1. The summed E-state index contributed by atoms with van der Waals surface area (Å²) in [6, 6.07) is 8.99. The summed E-state index contributed by atoms with van der Waals surface area (Å²) < 4.78 is -0.438. The molecule has 1 heterocycles. The second-order valence-corrected chi connectivity index (χ2v) is 5.47. The summed E-state index contributed by atoms with van der Waals surface area (Å²) in [5.41, 5.74) is 0.798. The monoisotopic (exact) mass is 289 g/mol. The van der Waals surface area contributed by atoms with Crippen molar-refractivity contribution in [2.45, 2.75) is 3.79 Å². The van der Waals surface area contributed by atoms with Gasteiger partial charge in [0.05, 0.1) is 5.69 Å². The summed E-state index contributed by atoms with van der Waals surface area (Å²) in [7, 11) is 0. The third-order valence-electron chi connectivity index (χ3n) is 2.08. The molecule has 0 aliphatic rings. The SMILES string of the molecule is O=Cc1nnn(-c2ccccc2)c1C(Cl)(Cl)Cl. The largest absolute Gasteiger partial charge is 0.296 e. The quantitative estimate of drug-likeness (QED) is 0.631. The van der Waals surface area contributed by atoms with Crippen LogP contribution in [-0.4, -0.2) is 21.3 Å². The Morgan fingerprint density at radius 3 is 2.35 bits per heavy atom. The third kappa shape index (κ3) is 2.44. The minimum Gasteiger partial charge on any atom is -0.296 e. The molecule has 0 aliphatic heterocycles. The Balaban J connectivity index is 2.64. The zero-order chi connectivity index (χ0) is 12.5. The first-order valence-electron chi connectivity index (χ1n) is 4.57. The molecule has 0 N–H and O–H groups in total. The average Bonchev–Trinajstić information content (AvgIpc) is 2.73. The Kier molecular flexibility index (Phi) is 3.38. The second kappa shape index (κ2) is 4.64. The molecule has 0 radical (unpaired) electrons. The van der Waals surface area contributed by atoms with Crippen LogP contribution >= 0.6 is 34.8 Å². The highest BCUT2D eigenvalue weighted by atomic mass is 35.6. The molecule has 0 bridgehead atoms. The minimum absolute atomic E-state index is 0.00820. The van der Waals surface area contributed by atoms with Crippen LogP contribution in [0.3, 0.4) is 0 Å². The molecule has 88 valence electrons. The molecule has 0 fully saturated rings. The zero-order valence-electron chi connectivity index (χ0n) is 8.35. The predicted octanol–water partition coefficient (Wildman–Crippen LogP) is 2.91. The first kappa shape index (κ1) is 12.4. The van der Waals surface area contributed by atoms with E-state index in [0.717, 1.165) is 0 Å².